The summed E-state index contributed by atoms with van der Waals surface area (Å²) in [7, 11) is 0. The molecule has 52 heavy (non-hydrogen) atoms. The first-order valence-electron chi connectivity index (χ1n) is 23.1. The highest BCUT2D eigenvalue weighted by Crippen LogP contribution is 2.17. The van der Waals surface area contributed by atoms with E-state index in [0.717, 1.165) is 25.7 Å². The van der Waals surface area contributed by atoms with E-state index in [1.54, 1.807) is 24.3 Å². The number of carbonyl (C=O) groups excluding carboxylic acids is 2. The van der Waals surface area contributed by atoms with Gasteiger partial charge in [0.25, 0.3) is 0 Å². The molecule has 0 spiro atoms. The van der Waals surface area contributed by atoms with Crippen LogP contribution in [0.2, 0.25) is 0 Å². The predicted octanol–water partition coefficient (Wildman–Crippen LogP) is 16.1. The normalized spacial score (nSPS) is 11.3. The van der Waals surface area contributed by atoms with Gasteiger partial charge in [-0.25, -0.2) is 9.59 Å². The van der Waals surface area contributed by atoms with Gasteiger partial charge in [0.1, 0.15) is 0 Å². The fraction of sp³-hybridized carbons (Fsp3) is 0.833. The fourth-order valence-electron chi connectivity index (χ4n) is 7.28. The van der Waals surface area contributed by atoms with Gasteiger partial charge in [0.05, 0.1) is 24.3 Å². The summed E-state index contributed by atoms with van der Waals surface area (Å²) in [5.41, 5.74) is 0.843. The van der Waals surface area contributed by atoms with E-state index in [0.29, 0.717) is 24.3 Å². The lowest BCUT2D eigenvalue weighted by molar-refractivity contribution is 0.0496. The third-order valence-electron chi connectivity index (χ3n) is 10.8. The smallest absolute Gasteiger partial charge is 0.338 e. The van der Waals surface area contributed by atoms with Gasteiger partial charge in [-0.2, -0.15) is 0 Å². The lowest BCUT2D eigenvalue weighted by Gasteiger charge is -2.08. The lowest BCUT2D eigenvalue weighted by Crippen LogP contribution is -2.10. The van der Waals surface area contributed by atoms with Crippen LogP contribution < -0.4 is 0 Å². The molecule has 0 radical (unpaired) electrons. The second-order valence-corrected chi connectivity index (χ2v) is 15.9. The molecule has 1 aromatic carbocycles. The minimum atomic E-state index is -0.356. The van der Waals surface area contributed by atoms with Crippen LogP contribution in [0.3, 0.4) is 0 Å². The Labute approximate surface area is 323 Å². The highest BCUT2D eigenvalue weighted by Gasteiger charge is 2.12. The average molecular weight is 727 g/mol. The molecule has 0 unspecified atom stereocenters. The Hall–Kier alpha value is -1.84. The molecule has 0 aliphatic heterocycles. The highest BCUT2D eigenvalue weighted by atomic mass is 16.5. The number of esters is 2. The summed E-state index contributed by atoms with van der Waals surface area (Å²) in [4.78, 5) is 25.1. The minimum absolute atomic E-state index is 0.356. The summed E-state index contributed by atoms with van der Waals surface area (Å²) in [6.45, 7) is 5.44. The summed E-state index contributed by atoms with van der Waals surface area (Å²) < 4.78 is 11.0. The quantitative estimate of drug-likeness (QED) is 0.0499. The zero-order valence-electron chi connectivity index (χ0n) is 34.8. The van der Waals surface area contributed by atoms with Gasteiger partial charge in [-0.3, -0.25) is 0 Å². The highest BCUT2D eigenvalue weighted by molar-refractivity contribution is 5.95. The van der Waals surface area contributed by atoms with E-state index in [4.69, 9.17) is 9.47 Å². The van der Waals surface area contributed by atoms with E-state index in [1.165, 1.54) is 205 Å². The number of benzene rings is 1. The van der Waals surface area contributed by atoms with Gasteiger partial charge in [-0.1, -0.05) is 238 Å². The molecule has 302 valence electrons. The van der Waals surface area contributed by atoms with Gasteiger partial charge >= 0.3 is 11.9 Å². The molecule has 0 saturated carbocycles. The second-order valence-electron chi connectivity index (χ2n) is 15.9. The summed E-state index contributed by atoms with van der Waals surface area (Å²) in [5, 5.41) is 0. The zero-order chi connectivity index (χ0) is 37.4. The Morgan fingerprint density at radius 3 is 0.788 bits per heavy atom. The first kappa shape index (κ1) is 48.2. The van der Waals surface area contributed by atoms with Crippen molar-refractivity contribution in [3.8, 4) is 0 Å². The van der Waals surface area contributed by atoms with Crippen molar-refractivity contribution in [1.29, 1.82) is 0 Å². The van der Waals surface area contributed by atoms with Crippen molar-refractivity contribution in [2.45, 2.75) is 245 Å². The van der Waals surface area contributed by atoms with E-state index >= 15 is 0 Å². The first-order chi connectivity index (χ1) is 25.7. The molecule has 0 aliphatic carbocycles. The summed E-state index contributed by atoms with van der Waals surface area (Å²) in [5.74, 6) is -0.713. The maximum atomic E-state index is 12.6. The Kier molecular flexibility index (Phi) is 36.0. The number of carbonyl (C=O) groups is 2. The molecule has 1 aromatic rings. The van der Waals surface area contributed by atoms with Crippen LogP contribution in [-0.2, 0) is 9.47 Å². The Morgan fingerprint density at radius 1 is 0.346 bits per heavy atom. The topological polar surface area (TPSA) is 52.6 Å². The van der Waals surface area contributed by atoms with Crippen LogP contribution in [0.15, 0.2) is 24.3 Å². The van der Waals surface area contributed by atoms with Gasteiger partial charge in [-0.05, 0) is 31.0 Å². The molecule has 1 rings (SSSR count). The number of hydrogen-bond acceptors (Lipinski definition) is 4. The minimum Gasteiger partial charge on any atom is -0.462 e. The molecule has 4 nitrogen and oxygen atoms in total. The van der Waals surface area contributed by atoms with Crippen molar-refractivity contribution in [3.63, 3.8) is 0 Å². The lowest BCUT2D eigenvalue weighted by atomic mass is 10.0. The molecule has 0 aromatic heterocycles. The van der Waals surface area contributed by atoms with Crippen LogP contribution in [0, 0.1) is 0 Å². The summed E-state index contributed by atoms with van der Waals surface area (Å²) in [6, 6.07) is 6.77. The van der Waals surface area contributed by atoms with Crippen molar-refractivity contribution in [2.24, 2.45) is 0 Å². The second kappa shape index (κ2) is 38.9. The Morgan fingerprint density at radius 2 is 0.558 bits per heavy atom. The molecule has 0 N–H and O–H groups in total. The molecule has 0 aliphatic rings. The van der Waals surface area contributed by atoms with Gasteiger partial charge in [-0.15, -0.1) is 0 Å². The fourth-order valence-corrected chi connectivity index (χ4v) is 7.28. The first-order valence-corrected chi connectivity index (χ1v) is 23.1. The van der Waals surface area contributed by atoms with Gasteiger partial charge in [0.15, 0.2) is 0 Å². The molecule has 0 atom stereocenters. The van der Waals surface area contributed by atoms with Gasteiger partial charge in [0, 0.05) is 0 Å². The number of unbranched alkanes of at least 4 members (excludes halogenated alkanes) is 34. The zero-order valence-corrected chi connectivity index (χ0v) is 34.8. The summed E-state index contributed by atoms with van der Waals surface area (Å²) >= 11 is 0. The van der Waals surface area contributed by atoms with Crippen molar-refractivity contribution < 1.29 is 19.1 Å². The number of ether oxygens (including phenoxy) is 2. The number of rotatable bonds is 40. The van der Waals surface area contributed by atoms with Crippen molar-refractivity contribution >= 4 is 11.9 Å². The standard InChI is InChI=1S/C48H86O4/c1-3-5-7-9-11-13-15-17-19-21-23-25-27-29-31-33-35-37-42-51-47(49)45-40-39-41-46(44-45)48(50)52-43-38-36-34-32-30-28-26-24-22-20-18-16-14-12-10-8-6-4-2/h39-41,44H,3-38,42-43H2,1-2H3. The van der Waals surface area contributed by atoms with Gasteiger partial charge < -0.3 is 9.47 Å². The molecular weight excluding hydrogens is 641 g/mol. The van der Waals surface area contributed by atoms with Crippen LogP contribution in [0.1, 0.15) is 266 Å². The molecule has 4 heteroatoms. The molecule has 0 bridgehead atoms. The molecular formula is C48H86O4. The third-order valence-corrected chi connectivity index (χ3v) is 10.8. The molecule has 0 saturated heterocycles. The van der Waals surface area contributed by atoms with Crippen LogP contribution in [-0.4, -0.2) is 25.2 Å². The number of hydrogen-bond donors (Lipinski definition) is 0. The molecule has 0 amide bonds. The predicted molar refractivity (Wildman–Crippen MR) is 225 cm³/mol. The van der Waals surface area contributed by atoms with Gasteiger partial charge in [0.2, 0.25) is 0 Å². The van der Waals surface area contributed by atoms with Crippen LogP contribution >= 0.6 is 0 Å². The van der Waals surface area contributed by atoms with Crippen LogP contribution in [0.4, 0.5) is 0 Å². The maximum Gasteiger partial charge on any atom is 0.338 e. The van der Waals surface area contributed by atoms with E-state index in [9.17, 15) is 9.59 Å². The third kappa shape index (κ3) is 31.7. The van der Waals surface area contributed by atoms with Crippen molar-refractivity contribution in [1.82, 2.24) is 0 Å². The largest absolute Gasteiger partial charge is 0.462 e. The average Bonchev–Trinajstić information content (AvgIpc) is 3.16. The van der Waals surface area contributed by atoms with E-state index in [1.807, 2.05) is 0 Å². The molecule has 0 heterocycles. The summed E-state index contributed by atoms with van der Waals surface area (Å²) in [6.07, 6.45) is 48.2. The Balaban J connectivity index is 1.92. The van der Waals surface area contributed by atoms with Crippen LogP contribution in [0.25, 0.3) is 0 Å². The van der Waals surface area contributed by atoms with Crippen molar-refractivity contribution in [3.05, 3.63) is 35.4 Å². The monoisotopic (exact) mass is 727 g/mol. The van der Waals surface area contributed by atoms with Crippen molar-refractivity contribution in [2.75, 3.05) is 13.2 Å². The maximum absolute atomic E-state index is 12.6. The van der Waals surface area contributed by atoms with E-state index in [-0.39, 0.29) is 11.9 Å². The SMILES string of the molecule is CCCCCCCCCCCCCCCCCCCCOC(=O)c1cccc(C(=O)OCCCCCCCCCCCCCCCCCCCC)c1. The molecule has 0 fully saturated rings. The van der Waals surface area contributed by atoms with E-state index < -0.39 is 0 Å². The van der Waals surface area contributed by atoms with E-state index in [2.05, 4.69) is 13.8 Å². The van der Waals surface area contributed by atoms with Crippen LogP contribution in [0.5, 0.6) is 0 Å². The Bertz CT molecular complexity index is 842.